The van der Waals surface area contributed by atoms with Gasteiger partial charge in [-0.3, -0.25) is 24.6 Å². The molecule has 0 aliphatic carbocycles. The number of nitrogens with one attached hydrogen (secondary N) is 2. The number of hydrogen-bond donors (Lipinski definition) is 2. The summed E-state index contributed by atoms with van der Waals surface area (Å²) < 4.78 is 0. The second-order valence-corrected chi connectivity index (χ2v) is 8.07. The number of amides is 2. The first-order valence-corrected chi connectivity index (χ1v) is 10.5. The van der Waals surface area contributed by atoms with Crippen molar-refractivity contribution in [1.82, 2.24) is 10.2 Å². The summed E-state index contributed by atoms with van der Waals surface area (Å²) in [5.41, 5.74) is 0.879. The standard InChI is InChI=1S/C19H21ClN4O4S/c1-12(18(25)22-17-3-2-15(24(27)28)10-16(17)20)23-7-4-14(5-8-23)21-19(26)13-6-9-29-11-13/h2-3,6,9-12,14H,4-5,7-8H2,1H3,(H,21,26)(H,22,25). The Balaban J connectivity index is 1.51. The first-order valence-electron chi connectivity index (χ1n) is 9.17. The van der Waals surface area contributed by atoms with Crippen LogP contribution in [0.2, 0.25) is 5.02 Å². The molecule has 29 heavy (non-hydrogen) atoms. The van der Waals surface area contributed by atoms with Gasteiger partial charge in [0.2, 0.25) is 5.91 Å². The van der Waals surface area contributed by atoms with Crippen molar-refractivity contribution in [3.63, 3.8) is 0 Å². The SMILES string of the molecule is CC(C(=O)Nc1ccc([N+](=O)[O-])cc1Cl)N1CCC(NC(=O)c2ccsc2)CC1. The minimum absolute atomic E-state index is 0.0664. The lowest BCUT2D eigenvalue weighted by molar-refractivity contribution is -0.384. The lowest BCUT2D eigenvalue weighted by Gasteiger charge is -2.35. The normalized spacial score (nSPS) is 16.2. The monoisotopic (exact) mass is 436 g/mol. The van der Waals surface area contributed by atoms with Gasteiger partial charge in [0.15, 0.2) is 0 Å². The minimum Gasteiger partial charge on any atom is -0.349 e. The van der Waals surface area contributed by atoms with Crippen molar-refractivity contribution in [2.45, 2.75) is 31.8 Å². The van der Waals surface area contributed by atoms with Crippen LogP contribution in [0.1, 0.15) is 30.1 Å². The van der Waals surface area contributed by atoms with Gasteiger partial charge < -0.3 is 10.6 Å². The molecule has 1 aliphatic rings. The van der Waals surface area contributed by atoms with Crippen molar-refractivity contribution in [1.29, 1.82) is 0 Å². The molecule has 1 unspecified atom stereocenters. The van der Waals surface area contributed by atoms with E-state index in [1.165, 1.54) is 29.5 Å². The van der Waals surface area contributed by atoms with E-state index in [9.17, 15) is 19.7 Å². The van der Waals surface area contributed by atoms with Gasteiger partial charge in [-0.15, -0.1) is 0 Å². The highest BCUT2D eigenvalue weighted by Crippen LogP contribution is 2.27. The molecular formula is C19H21ClN4O4S. The minimum atomic E-state index is -0.540. The van der Waals surface area contributed by atoms with Crippen LogP contribution < -0.4 is 10.6 Å². The summed E-state index contributed by atoms with van der Waals surface area (Å²) in [7, 11) is 0. The Hall–Kier alpha value is -2.49. The maximum absolute atomic E-state index is 12.6. The van der Waals surface area contributed by atoms with Crippen LogP contribution in [0, 0.1) is 10.1 Å². The Morgan fingerprint density at radius 1 is 1.31 bits per heavy atom. The zero-order chi connectivity index (χ0) is 21.0. The number of carbonyl (C=O) groups is 2. The van der Waals surface area contributed by atoms with Crippen molar-refractivity contribution in [3.8, 4) is 0 Å². The van der Waals surface area contributed by atoms with E-state index in [-0.39, 0.29) is 28.6 Å². The van der Waals surface area contributed by atoms with E-state index in [0.717, 1.165) is 12.8 Å². The summed E-state index contributed by atoms with van der Waals surface area (Å²) in [6.07, 6.45) is 1.51. The first-order chi connectivity index (χ1) is 13.8. The van der Waals surface area contributed by atoms with E-state index in [0.29, 0.717) is 24.3 Å². The largest absolute Gasteiger partial charge is 0.349 e. The number of halogens is 1. The molecule has 10 heteroatoms. The van der Waals surface area contributed by atoms with Crippen LogP contribution in [0.25, 0.3) is 0 Å². The third kappa shape index (κ3) is 5.31. The summed E-state index contributed by atoms with van der Waals surface area (Å²) in [6.45, 7) is 3.16. The number of benzene rings is 1. The number of nitro benzene ring substituents is 1. The van der Waals surface area contributed by atoms with Crippen LogP contribution in [0.5, 0.6) is 0 Å². The number of non-ortho nitro benzene ring substituents is 1. The second kappa shape index (κ2) is 9.34. The summed E-state index contributed by atoms with van der Waals surface area (Å²) in [4.78, 5) is 37.0. The molecule has 1 fully saturated rings. The van der Waals surface area contributed by atoms with Gasteiger partial charge >= 0.3 is 0 Å². The molecule has 154 valence electrons. The van der Waals surface area contributed by atoms with E-state index in [1.54, 1.807) is 13.0 Å². The van der Waals surface area contributed by atoms with Crippen molar-refractivity contribution in [2.24, 2.45) is 0 Å². The number of thiophene rings is 1. The van der Waals surface area contributed by atoms with Gasteiger partial charge in [0.05, 0.1) is 21.7 Å². The Morgan fingerprint density at radius 2 is 2.03 bits per heavy atom. The molecule has 1 aromatic carbocycles. The molecule has 3 rings (SSSR count). The predicted octanol–water partition coefficient (Wildman–Crippen LogP) is 3.53. The molecule has 2 heterocycles. The van der Waals surface area contributed by atoms with Crippen molar-refractivity contribution >= 4 is 46.1 Å². The first kappa shape index (κ1) is 21.2. The molecule has 0 saturated carbocycles. The number of rotatable bonds is 6. The fraction of sp³-hybridized carbons (Fsp3) is 0.368. The van der Waals surface area contributed by atoms with Crippen LogP contribution in [0.4, 0.5) is 11.4 Å². The van der Waals surface area contributed by atoms with E-state index < -0.39 is 11.0 Å². The van der Waals surface area contributed by atoms with E-state index in [4.69, 9.17) is 11.6 Å². The van der Waals surface area contributed by atoms with Gasteiger partial charge in [-0.1, -0.05) is 11.6 Å². The predicted molar refractivity (Wildman–Crippen MR) is 113 cm³/mol. The number of nitrogens with zero attached hydrogens (tertiary/aromatic N) is 2. The topological polar surface area (TPSA) is 105 Å². The molecule has 1 saturated heterocycles. The molecular weight excluding hydrogens is 416 g/mol. The van der Waals surface area contributed by atoms with E-state index >= 15 is 0 Å². The lowest BCUT2D eigenvalue weighted by Crippen LogP contribution is -2.50. The molecule has 2 amide bonds. The van der Waals surface area contributed by atoms with Gasteiger partial charge in [0.1, 0.15) is 0 Å². The maximum Gasteiger partial charge on any atom is 0.271 e. The molecule has 8 nitrogen and oxygen atoms in total. The van der Waals surface area contributed by atoms with Gasteiger partial charge in [-0.2, -0.15) is 11.3 Å². The molecule has 1 aliphatic heterocycles. The third-order valence-corrected chi connectivity index (χ3v) is 5.99. The smallest absolute Gasteiger partial charge is 0.271 e. The zero-order valence-electron chi connectivity index (χ0n) is 15.8. The number of anilines is 1. The Morgan fingerprint density at radius 3 is 2.62 bits per heavy atom. The number of piperidine rings is 1. The van der Waals surface area contributed by atoms with E-state index in [1.807, 2.05) is 15.7 Å². The maximum atomic E-state index is 12.6. The van der Waals surface area contributed by atoms with E-state index in [2.05, 4.69) is 10.6 Å². The average molecular weight is 437 g/mol. The molecule has 0 radical (unpaired) electrons. The van der Waals surface area contributed by atoms with Gasteiger partial charge in [0, 0.05) is 42.2 Å². The lowest BCUT2D eigenvalue weighted by atomic mass is 10.0. The third-order valence-electron chi connectivity index (χ3n) is 5.00. The number of likely N-dealkylation sites (tertiary alicyclic amines) is 1. The van der Waals surface area contributed by atoms with Gasteiger partial charge in [-0.05, 0) is 37.3 Å². The Bertz CT molecular complexity index is 898. The summed E-state index contributed by atoms with van der Waals surface area (Å²) in [5, 5.41) is 20.4. The summed E-state index contributed by atoms with van der Waals surface area (Å²) >= 11 is 7.53. The molecule has 0 bridgehead atoms. The highest BCUT2D eigenvalue weighted by atomic mass is 35.5. The highest BCUT2D eigenvalue weighted by molar-refractivity contribution is 7.08. The highest BCUT2D eigenvalue weighted by Gasteiger charge is 2.28. The van der Waals surface area contributed by atoms with Crippen molar-refractivity contribution in [3.05, 3.63) is 55.7 Å². The average Bonchev–Trinajstić information content (AvgIpc) is 3.24. The van der Waals surface area contributed by atoms with Crippen LogP contribution >= 0.6 is 22.9 Å². The molecule has 2 aromatic rings. The zero-order valence-corrected chi connectivity index (χ0v) is 17.3. The van der Waals surface area contributed by atoms with Gasteiger partial charge in [-0.25, -0.2) is 0 Å². The molecule has 1 aromatic heterocycles. The summed E-state index contributed by atoms with van der Waals surface area (Å²) in [6, 6.07) is 5.42. The van der Waals surface area contributed by atoms with Crippen LogP contribution in [0.3, 0.4) is 0 Å². The summed E-state index contributed by atoms with van der Waals surface area (Å²) in [5.74, 6) is -0.301. The van der Waals surface area contributed by atoms with Crippen molar-refractivity contribution < 1.29 is 14.5 Å². The number of carbonyl (C=O) groups excluding carboxylic acids is 2. The second-order valence-electron chi connectivity index (χ2n) is 6.88. The number of hydrogen-bond acceptors (Lipinski definition) is 6. The van der Waals surface area contributed by atoms with Crippen LogP contribution in [0.15, 0.2) is 35.0 Å². The Labute approximate surface area is 177 Å². The Kier molecular flexibility index (Phi) is 6.83. The van der Waals surface area contributed by atoms with Crippen molar-refractivity contribution in [2.75, 3.05) is 18.4 Å². The van der Waals surface area contributed by atoms with Gasteiger partial charge in [0.25, 0.3) is 11.6 Å². The van der Waals surface area contributed by atoms with Crippen LogP contribution in [-0.4, -0.2) is 46.8 Å². The number of nitro groups is 1. The van der Waals surface area contributed by atoms with Crippen LogP contribution in [-0.2, 0) is 4.79 Å². The fourth-order valence-corrected chi connectivity index (χ4v) is 4.07. The molecule has 1 atom stereocenters. The fourth-order valence-electron chi connectivity index (χ4n) is 3.22. The quantitative estimate of drug-likeness (QED) is 0.532. The molecule has 2 N–H and O–H groups in total. The molecule has 0 spiro atoms.